The number of hydrogen-bond donors (Lipinski definition) is 5. The second kappa shape index (κ2) is 13.2. The molecule has 1 unspecified atom stereocenters. The Morgan fingerprint density at radius 3 is 2.38 bits per heavy atom. The summed E-state index contributed by atoms with van der Waals surface area (Å²) in [5, 5.41) is 12.5. The molecule has 4 rings (SSSR count). The van der Waals surface area contributed by atoms with E-state index in [4.69, 9.17) is 16.2 Å². The first-order valence-corrected chi connectivity index (χ1v) is 12.8. The molecule has 200 valence electrons. The van der Waals surface area contributed by atoms with Crippen molar-refractivity contribution in [1.82, 2.24) is 10.8 Å². The molecule has 0 spiro atoms. The number of hydroxylamine groups is 1. The summed E-state index contributed by atoms with van der Waals surface area (Å²) in [6.07, 6.45) is 1.63. The smallest absolute Gasteiger partial charge is 0.247 e. The SMILES string of the molecule is CC(C)C[C@H]1C(=O)N[C@H](C(C(N)=O)c2ccc(CN)cc2)Cc2ccc(cc2)OCCC[C@@H]1C(=O)NO. The number of primary amides is 1. The molecule has 0 saturated carbocycles. The molecule has 0 aliphatic carbocycles. The maximum Gasteiger partial charge on any atom is 0.247 e. The van der Waals surface area contributed by atoms with Crippen LogP contribution in [0.4, 0.5) is 0 Å². The van der Waals surface area contributed by atoms with Gasteiger partial charge in [-0.15, -0.1) is 0 Å². The summed E-state index contributed by atoms with van der Waals surface area (Å²) in [6.45, 7) is 4.68. The van der Waals surface area contributed by atoms with Crippen LogP contribution in [0.25, 0.3) is 0 Å². The lowest BCUT2D eigenvalue weighted by Gasteiger charge is -2.32. The van der Waals surface area contributed by atoms with Crippen molar-refractivity contribution in [3.8, 4) is 5.75 Å². The molecule has 9 nitrogen and oxygen atoms in total. The lowest BCUT2D eigenvalue weighted by molar-refractivity contribution is -0.141. The van der Waals surface area contributed by atoms with Gasteiger partial charge in [-0.1, -0.05) is 50.2 Å². The van der Waals surface area contributed by atoms with Crippen molar-refractivity contribution in [2.24, 2.45) is 29.2 Å². The number of nitrogens with one attached hydrogen (secondary N) is 2. The van der Waals surface area contributed by atoms with Gasteiger partial charge in [0.15, 0.2) is 0 Å². The largest absolute Gasteiger partial charge is 0.494 e. The topological polar surface area (TPSA) is 157 Å². The van der Waals surface area contributed by atoms with Crippen molar-refractivity contribution in [2.75, 3.05) is 6.61 Å². The number of carbonyl (C=O) groups is 3. The van der Waals surface area contributed by atoms with Gasteiger partial charge in [-0.25, -0.2) is 5.48 Å². The van der Waals surface area contributed by atoms with Crippen LogP contribution in [-0.2, 0) is 27.3 Å². The van der Waals surface area contributed by atoms with Gasteiger partial charge in [-0.3, -0.25) is 19.6 Å². The van der Waals surface area contributed by atoms with Gasteiger partial charge >= 0.3 is 0 Å². The number of rotatable bonds is 7. The molecule has 4 atom stereocenters. The zero-order valence-electron chi connectivity index (χ0n) is 21.5. The van der Waals surface area contributed by atoms with Crippen molar-refractivity contribution >= 4 is 17.7 Å². The van der Waals surface area contributed by atoms with Crippen molar-refractivity contribution in [1.29, 1.82) is 0 Å². The second-order valence-electron chi connectivity index (χ2n) is 10.1. The Kier molecular flexibility index (Phi) is 10.0. The molecular weight excluding hydrogens is 472 g/mol. The molecule has 0 fully saturated rings. The predicted octanol–water partition coefficient (Wildman–Crippen LogP) is 2.40. The first-order valence-electron chi connectivity index (χ1n) is 12.8. The highest BCUT2D eigenvalue weighted by molar-refractivity contribution is 5.89. The Labute approximate surface area is 217 Å². The number of nitrogens with two attached hydrogens (primary N) is 2. The molecule has 2 aliphatic rings. The van der Waals surface area contributed by atoms with Gasteiger partial charge in [-0.2, -0.15) is 0 Å². The molecule has 2 aliphatic heterocycles. The molecule has 0 saturated heterocycles. The van der Waals surface area contributed by atoms with Crippen molar-refractivity contribution < 1.29 is 24.3 Å². The van der Waals surface area contributed by atoms with Crippen molar-refractivity contribution in [2.45, 2.75) is 58.0 Å². The molecule has 9 heteroatoms. The van der Waals surface area contributed by atoms with Gasteiger partial charge in [0.2, 0.25) is 17.7 Å². The minimum Gasteiger partial charge on any atom is -0.494 e. The lowest BCUT2D eigenvalue weighted by atomic mass is 9.80. The van der Waals surface area contributed by atoms with Gasteiger partial charge < -0.3 is 21.5 Å². The molecule has 2 bridgehead atoms. The highest BCUT2D eigenvalue weighted by Crippen LogP contribution is 2.29. The molecule has 3 amide bonds. The Balaban J connectivity index is 2.06. The van der Waals surface area contributed by atoms with Crippen LogP contribution in [0.5, 0.6) is 5.75 Å². The van der Waals surface area contributed by atoms with Crippen molar-refractivity contribution in [3.63, 3.8) is 0 Å². The van der Waals surface area contributed by atoms with E-state index in [1.165, 1.54) is 0 Å². The standard InChI is InChI=1S/C28H38N4O5/c1-17(2)14-23-22(28(35)32-36)4-3-13-37-21-11-7-18(8-12-21)15-24(31-27(23)34)25(26(30)33)20-9-5-19(16-29)6-10-20/h5-12,17,22-25,36H,3-4,13-16,29H2,1-2H3,(H2,30,33)(H,31,34)(H,32,35)/t22-,23+,24-,25?/m0/s1. The van der Waals surface area contributed by atoms with Gasteiger partial charge in [0.1, 0.15) is 5.75 Å². The van der Waals surface area contributed by atoms with E-state index in [1.54, 1.807) is 17.6 Å². The fourth-order valence-electron chi connectivity index (χ4n) is 5.03. The molecule has 37 heavy (non-hydrogen) atoms. The van der Waals surface area contributed by atoms with Crippen molar-refractivity contribution in [3.05, 3.63) is 65.2 Å². The van der Waals surface area contributed by atoms with E-state index in [2.05, 4.69) is 5.32 Å². The lowest BCUT2D eigenvalue weighted by Crippen LogP contribution is -2.50. The minimum absolute atomic E-state index is 0.112. The Bertz CT molecular complexity index is 1060. The summed E-state index contributed by atoms with van der Waals surface area (Å²) in [5.74, 6) is -3.04. The average molecular weight is 511 g/mol. The predicted molar refractivity (Wildman–Crippen MR) is 139 cm³/mol. The van der Waals surface area contributed by atoms with Crippen LogP contribution >= 0.6 is 0 Å². The van der Waals surface area contributed by atoms with E-state index in [1.807, 2.05) is 50.2 Å². The third-order valence-corrected chi connectivity index (χ3v) is 6.91. The molecule has 7 N–H and O–H groups in total. The summed E-state index contributed by atoms with van der Waals surface area (Å²) in [4.78, 5) is 39.3. The summed E-state index contributed by atoms with van der Waals surface area (Å²) < 4.78 is 5.83. The Morgan fingerprint density at radius 1 is 1.14 bits per heavy atom. The van der Waals surface area contributed by atoms with E-state index in [-0.39, 0.29) is 11.8 Å². The monoisotopic (exact) mass is 510 g/mol. The fraction of sp³-hybridized carbons (Fsp3) is 0.464. The second-order valence-corrected chi connectivity index (χ2v) is 10.1. The van der Waals surface area contributed by atoms with Gasteiger partial charge in [0.25, 0.3) is 0 Å². The third-order valence-electron chi connectivity index (χ3n) is 6.91. The van der Waals surface area contributed by atoms with E-state index < -0.39 is 35.6 Å². The summed E-state index contributed by atoms with van der Waals surface area (Å²) in [6, 6.07) is 14.1. The highest BCUT2D eigenvalue weighted by Gasteiger charge is 2.37. The van der Waals surface area contributed by atoms with Gasteiger partial charge in [0, 0.05) is 18.5 Å². The van der Waals surface area contributed by atoms with E-state index >= 15 is 0 Å². The molecule has 2 aromatic rings. The molecular formula is C28H38N4O5. The van der Waals surface area contributed by atoms with Gasteiger partial charge in [-0.05, 0) is 60.4 Å². The summed E-state index contributed by atoms with van der Waals surface area (Å²) in [7, 11) is 0. The molecule has 2 aromatic carbocycles. The number of benzene rings is 2. The number of carbonyl (C=O) groups excluding carboxylic acids is 3. The van der Waals surface area contributed by atoms with Crippen LogP contribution in [0.2, 0.25) is 0 Å². The quantitative estimate of drug-likeness (QED) is 0.284. The maximum absolute atomic E-state index is 13.8. The van der Waals surface area contributed by atoms with E-state index in [0.29, 0.717) is 50.1 Å². The first kappa shape index (κ1) is 28.1. The van der Waals surface area contributed by atoms with Crippen LogP contribution in [0.3, 0.4) is 0 Å². The van der Waals surface area contributed by atoms with Crippen LogP contribution < -0.4 is 27.0 Å². The normalized spacial score (nSPS) is 21.4. The number of amides is 3. The number of fused-ring (bicyclic) bond motifs is 11. The Morgan fingerprint density at radius 2 is 1.81 bits per heavy atom. The van der Waals surface area contributed by atoms with E-state index in [9.17, 15) is 19.6 Å². The number of ether oxygens (including phenoxy) is 1. The van der Waals surface area contributed by atoms with Crippen LogP contribution in [0, 0.1) is 17.8 Å². The first-order chi connectivity index (χ1) is 17.7. The minimum atomic E-state index is -0.815. The average Bonchev–Trinajstić information content (AvgIpc) is 2.88. The van der Waals surface area contributed by atoms with Crippen LogP contribution in [0.15, 0.2) is 48.5 Å². The van der Waals surface area contributed by atoms with E-state index in [0.717, 1.165) is 11.1 Å². The Hall–Kier alpha value is -3.43. The zero-order chi connectivity index (χ0) is 26.9. The highest BCUT2D eigenvalue weighted by atomic mass is 16.5. The van der Waals surface area contributed by atoms with Crippen LogP contribution in [0.1, 0.15) is 55.7 Å². The summed E-state index contributed by atoms with van der Waals surface area (Å²) in [5.41, 5.74) is 15.8. The summed E-state index contributed by atoms with van der Waals surface area (Å²) >= 11 is 0. The number of hydrogen-bond acceptors (Lipinski definition) is 6. The third kappa shape index (κ3) is 7.53. The molecule has 2 heterocycles. The van der Waals surface area contributed by atoms with Gasteiger partial charge in [0.05, 0.1) is 18.4 Å². The maximum atomic E-state index is 13.8. The zero-order valence-corrected chi connectivity index (χ0v) is 21.5. The molecule has 0 radical (unpaired) electrons. The molecule has 0 aromatic heterocycles. The fourth-order valence-corrected chi connectivity index (χ4v) is 5.03. The van der Waals surface area contributed by atoms with Crippen LogP contribution in [-0.4, -0.2) is 35.6 Å².